The summed E-state index contributed by atoms with van der Waals surface area (Å²) in [7, 11) is 0. The van der Waals surface area contributed by atoms with Crippen molar-refractivity contribution in [1.29, 1.82) is 0 Å². The van der Waals surface area contributed by atoms with Crippen LogP contribution in [0.2, 0.25) is 0 Å². The quantitative estimate of drug-likeness (QED) is 0.542. The second-order valence-corrected chi connectivity index (χ2v) is 7.59. The van der Waals surface area contributed by atoms with Crippen molar-refractivity contribution in [3.63, 3.8) is 0 Å². The number of carboxylic acid groups (broad SMARTS) is 1. The van der Waals surface area contributed by atoms with Gasteiger partial charge in [0.1, 0.15) is 11.4 Å². The number of nitrogens with one attached hydrogen (secondary N) is 1. The molecule has 1 saturated heterocycles. The van der Waals surface area contributed by atoms with Crippen LogP contribution in [0.25, 0.3) is 27.8 Å². The van der Waals surface area contributed by atoms with Crippen LogP contribution in [0, 0.1) is 5.92 Å². The number of rotatable bonds is 4. The second-order valence-electron chi connectivity index (χ2n) is 7.59. The maximum absolute atomic E-state index is 12.4. The molecular weight excluding hydrogens is 384 g/mol. The Morgan fingerprint density at radius 2 is 1.97 bits per heavy atom. The standard InChI is InChI=1S/C22H20N4O4/c27-21-24-23-20(11-14-7-9-25(13-14)22(28)29)26(21)18-4-1-15(2-5-18)16-3-6-19-17(12-16)8-10-30-19/h1-6,8,10,12,14H,7,9,11,13H2,(H,24,27)(H,28,29)/t14-/m0/s1. The zero-order valence-electron chi connectivity index (χ0n) is 16.1. The van der Waals surface area contributed by atoms with Crippen LogP contribution in [-0.2, 0) is 6.42 Å². The van der Waals surface area contributed by atoms with Gasteiger partial charge >= 0.3 is 11.8 Å². The van der Waals surface area contributed by atoms with Crippen LogP contribution in [0.3, 0.4) is 0 Å². The molecule has 3 heterocycles. The number of aromatic nitrogens is 3. The molecule has 0 unspecified atom stereocenters. The van der Waals surface area contributed by atoms with Crippen LogP contribution in [0.5, 0.6) is 0 Å². The van der Waals surface area contributed by atoms with E-state index in [4.69, 9.17) is 9.52 Å². The Hall–Kier alpha value is -3.81. The number of H-pyrrole nitrogens is 1. The van der Waals surface area contributed by atoms with Gasteiger partial charge in [-0.25, -0.2) is 19.3 Å². The minimum Gasteiger partial charge on any atom is -0.465 e. The van der Waals surface area contributed by atoms with Gasteiger partial charge in [0.25, 0.3) is 0 Å². The van der Waals surface area contributed by atoms with E-state index in [-0.39, 0.29) is 11.6 Å². The van der Waals surface area contributed by atoms with E-state index in [0.29, 0.717) is 25.3 Å². The first-order valence-corrected chi connectivity index (χ1v) is 9.81. The topological polar surface area (TPSA) is 104 Å². The summed E-state index contributed by atoms with van der Waals surface area (Å²) in [6, 6.07) is 15.7. The van der Waals surface area contributed by atoms with Crippen molar-refractivity contribution < 1.29 is 14.3 Å². The number of benzene rings is 2. The largest absolute Gasteiger partial charge is 0.465 e. The van der Waals surface area contributed by atoms with E-state index >= 15 is 0 Å². The summed E-state index contributed by atoms with van der Waals surface area (Å²) in [6.07, 6.45) is 2.08. The minimum absolute atomic E-state index is 0.149. The molecule has 1 amide bonds. The first kappa shape index (κ1) is 18.2. The van der Waals surface area contributed by atoms with Crippen LogP contribution in [0.4, 0.5) is 4.79 Å². The fraction of sp³-hybridized carbons (Fsp3) is 0.227. The molecule has 1 fully saturated rings. The number of nitrogens with zero attached hydrogens (tertiary/aromatic N) is 3. The summed E-state index contributed by atoms with van der Waals surface area (Å²) in [5.41, 5.74) is 3.37. The van der Waals surface area contributed by atoms with E-state index in [9.17, 15) is 9.59 Å². The molecule has 1 aliphatic heterocycles. The Morgan fingerprint density at radius 3 is 2.73 bits per heavy atom. The number of aromatic amines is 1. The summed E-state index contributed by atoms with van der Waals surface area (Å²) in [6.45, 7) is 0.982. The Morgan fingerprint density at radius 1 is 1.17 bits per heavy atom. The van der Waals surface area contributed by atoms with Gasteiger partial charge in [-0.05, 0) is 53.8 Å². The molecule has 152 valence electrons. The maximum Gasteiger partial charge on any atom is 0.407 e. The molecule has 2 aromatic heterocycles. The number of furan rings is 1. The van der Waals surface area contributed by atoms with Gasteiger partial charge in [-0.2, -0.15) is 5.10 Å². The third-order valence-electron chi connectivity index (χ3n) is 5.68. The molecule has 2 N–H and O–H groups in total. The molecule has 1 aliphatic rings. The van der Waals surface area contributed by atoms with Crippen molar-refractivity contribution >= 4 is 17.1 Å². The van der Waals surface area contributed by atoms with Crippen LogP contribution < -0.4 is 5.69 Å². The molecule has 5 rings (SSSR count). The average Bonchev–Trinajstić information content (AvgIpc) is 3.48. The van der Waals surface area contributed by atoms with Crippen molar-refractivity contribution in [2.75, 3.05) is 13.1 Å². The molecule has 0 aliphatic carbocycles. The predicted molar refractivity (Wildman–Crippen MR) is 111 cm³/mol. The average molecular weight is 404 g/mol. The molecule has 0 saturated carbocycles. The Kier molecular flexibility index (Phi) is 4.39. The number of hydrogen-bond donors (Lipinski definition) is 2. The summed E-state index contributed by atoms with van der Waals surface area (Å²) < 4.78 is 6.96. The lowest BCUT2D eigenvalue weighted by Crippen LogP contribution is -2.27. The molecule has 8 nitrogen and oxygen atoms in total. The first-order chi connectivity index (χ1) is 14.6. The van der Waals surface area contributed by atoms with E-state index < -0.39 is 6.09 Å². The summed E-state index contributed by atoms with van der Waals surface area (Å²) in [5, 5.41) is 16.9. The molecule has 2 aromatic carbocycles. The molecule has 0 spiro atoms. The molecule has 0 bridgehead atoms. The van der Waals surface area contributed by atoms with Gasteiger partial charge in [0.05, 0.1) is 12.0 Å². The lowest BCUT2D eigenvalue weighted by atomic mass is 10.0. The zero-order chi connectivity index (χ0) is 20.7. The van der Waals surface area contributed by atoms with E-state index in [1.54, 1.807) is 10.8 Å². The number of fused-ring (bicyclic) bond motifs is 1. The minimum atomic E-state index is -0.902. The predicted octanol–water partition coefficient (Wildman–Crippen LogP) is 3.52. The number of likely N-dealkylation sites (tertiary alicyclic amines) is 1. The third-order valence-corrected chi connectivity index (χ3v) is 5.68. The number of hydrogen-bond acceptors (Lipinski definition) is 4. The van der Waals surface area contributed by atoms with Gasteiger partial charge in [0.15, 0.2) is 0 Å². The molecular formula is C22H20N4O4. The molecule has 4 aromatic rings. The molecule has 30 heavy (non-hydrogen) atoms. The molecule has 1 atom stereocenters. The summed E-state index contributed by atoms with van der Waals surface area (Å²) >= 11 is 0. The van der Waals surface area contributed by atoms with Gasteiger partial charge in [-0.3, -0.25) is 0 Å². The fourth-order valence-corrected chi connectivity index (χ4v) is 4.11. The Bertz CT molecular complexity index is 1270. The monoisotopic (exact) mass is 404 g/mol. The SMILES string of the molecule is O=C(O)N1CC[C@@H](Cc2n[nH]c(=O)n2-c2ccc(-c3ccc4occc4c3)cc2)C1. The maximum atomic E-state index is 12.4. The molecule has 0 radical (unpaired) electrons. The second kappa shape index (κ2) is 7.22. The zero-order valence-corrected chi connectivity index (χ0v) is 16.1. The summed E-state index contributed by atoms with van der Waals surface area (Å²) in [5.74, 6) is 0.765. The van der Waals surface area contributed by atoms with Crippen LogP contribution in [0.1, 0.15) is 12.2 Å². The highest BCUT2D eigenvalue weighted by molar-refractivity contribution is 5.83. The van der Waals surface area contributed by atoms with E-state index in [0.717, 1.165) is 34.2 Å². The van der Waals surface area contributed by atoms with Gasteiger partial charge in [-0.1, -0.05) is 18.2 Å². The van der Waals surface area contributed by atoms with Gasteiger partial charge < -0.3 is 14.4 Å². The van der Waals surface area contributed by atoms with E-state index in [2.05, 4.69) is 16.3 Å². The normalized spacial score (nSPS) is 16.4. The lowest BCUT2D eigenvalue weighted by molar-refractivity contribution is 0.154. The van der Waals surface area contributed by atoms with Crippen molar-refractivity contribution in [2.45, 2.75) is 12.8 Å². The number of carbonyl (C=O) groups is 1. The van der Waals surface area contributed by atoms with Crippen molar-refractivity contribution in [3.8, 4) is 16.8 Å². The number of amides is 1. The Balaban J connectivity index is 1.40. The smallest absolute Gasteiger partial charge is 0.407 e. The highest BCUT2D eigenvalue weighted by atomic mass is 16.4. The van der Waals surface area contributed by atoms with Crippen molar-refractivity contribution in [3.05, 3.63) is 71.1 Å². The van der Waals surface area contributed by atoms with Gasteiger partial charge in [-0.15, -0.1) is 0 Å². The first-order valence-electron chi connectivity index (χ1n) is 9.81. The highest BCUT2D eigenvalue weighted by Gasteiger charge is 2.27. The summed E-state index contributed by atoms with van der Waals surface area (Å²) in [4.78, 5) is 24.9. The van der Waals surface area contributed by atoms with Crippen molar-refractivity contribution in [2.24, 2.45) is 5.92 Å². The van der Waals surface area contributed by atoms with E-state index in [1.165, 1.54) is 4.90 Å². The van der Waals surface area contributed by atoms with Crippen LogP contribution in [0.15, 0.2) is 64.0 Å². The fourth-order valence-electron chi connectivity index (χ4n) is 4.11. The third kappa shape index (κ3) is 3.26. The van der Waals surface area contributed by atoms with Crippen LogP contribution in [-0.4, -0.2) is 44.0 Å². The molecule has 8 heteroatoms. The highest BCUT2D eigenvalue weighted by Crippen LogP contribution is 2.26. The van der Waals surface area contributed by atoms with Crippen molar-refractivity contribution in [1.82, 2.24) is 19.7 Å². The van der Waals surface area contributed by atoms with Gasteiger partial charge in [0, 0.05) is 24.9 Å². The van der Waals surface area contributed by atoms with E-state index in [1.807, 2.05) is 42.5 Å². The lowest BCUT2D eigenvalue weighted by Gasteiger charge is -2.12. The van der Waals surface area contributed by atoms with Crippen LogP contribution >= 0.6 is 0 Å². The van der Waals surface area contributed by atoms with Gasteiger partial charge in [0.2, 0.25) is 0 Å². The Labute approximate surface area is 171 Å².